The maximum atomic E-state index is 12.3. The Kier molecular flexibility index (Phi) is 6.94. The van der Waals surface area contributed by atoms with E-state index < -0.39 is 6.10 Å². The molecule has 0 saturated carbocycles. The predicted octanol–water partition coefficient (Wildman–Crippen LogP) is 3.86. The van der Waals surface area contributed by atoms with Gasteiger partial charge >= 0.3 is 0 Å². The standard InChI is InChI=1S/C19H22ClNO3/c1-3-18(24-17-10-8-16(23-2)9-11-17)19(22)21-13-12-14-4-6-15(20)7-5-14/h4-11,18H,3,12-13H2,1-2H3,(H,21,22)/t18-/m0/s1. The fourth-order valence-corrected chi connectivity index (χ4v) is 2.36. The molecule has 0 aliphatic carbocycles. The molecule has 1 amide bonds. The molecule has 2 aromatic carbocycles. The van der Waals surface area contributed by atoms with Gasteiger partial charge in [0.2, 0.25) is 0 Å². The molecule has 0 bridgehead atoms. The van der Waals surface area contributed by atoms with Crippen LogP contribution in [0.25, 0.3) is 0 Å². The van der Waals surface area contributed by atoms with E-state index in [4.69, 9.17) is 21.1 Å². The highest BCUT2D eigenvalue weighted by atomic mass is 35.5. The van der Waals surface area contributed by atoms with Crippen LogP contribution in [0.3, 0.4) is 0 Å². The van der Waals surface area contributed by atoms with Crippen LogP contribution in [0.1, 0.15) is 18.9 Å². The van der Waals surface area contributed by atoms with E-state index in [1.165, 1.54) is 0 Å². The summed E-state index contributed by atoms with van der Waals surface area (Å²) in [4.78, 5) is 12.3. The summed E-state index contributed by atoms with van der Waals surface area (Å²) in [6, 6.07) is 14.8. The number of rotatable bonds is 8. The van der Waals surface area contributed by atoms with E-state index in [-0.39, 0.29) is 5.91 Å². The highest BCUT2D eigenvalue weighted by Gasteiger charge is 2.17. The van der Waals surface area contributed by atoms with Crippen molar-refractivity contribution >= 4 is 17.5 Å². The molecule has 1 N–H and O–H groups in total. The normalized spacial score (nSPS) is 11.6. The molecule has 5 heteroatoms. The highest BCUT2D eigenvalue weighted by molar-refractivity contribution is 6.30. The van der Waals surface area contributed by atoms with Crippen molar-refractivity contribution in [2.45, 2.75) is 25.9 Å². The molecule has 0 aliphatic heterocycles. The smallest absolute Gasteiger partial charge is 0.261 e. The summed E-state index contributed by atoms with van der Waals surface area (Å²) >= 11 is 5.86. The Morgan fingerprint density at radius 2 is 1.71 bits per heavy atom. The van der Waals surface area contributed by atoms with Crippen LogP contribution < -0.4 is 14.8 Å². The van der Waals surface area contributed by atoms with Crippen molar-refractivity contribution in [3.63, 3.8) is 0 Å². The maximum absolute atomic E-state index is 12.3. The van der Waals surface area contributed by atoms with Gasteiger partial charge in [0.15, 0.2) is 6.10 Å². The SMILES string of the molecule is CC[C@H](Oc1ccc(OC)cc1)C(=O)NCCc1ccc(Cl)cc1. The lowest BCUT2D eigenvalue weighted by Gasteiger charge is -2.17. The Morgan fingerprint density at radius 1 is 1.08 bits per heavy atom. The third-order valence-electron chi connectivity index (χ3n) is 3.63. The molecule has 0 aliphatic rings. The molecule has 24 heavy (non-hydrogen) atoms. The summed E-state index contributed by atoms with van der Waals surface area (Å²) in [6.45, 7) is 2.48. The van der Waals surface area contributed by atoms with E-state index in [1.807, 2.05) is 31.2 Å². The third kappa shape index (κ3) is 5.46. The number of ether oxygens (including phenoxy) is 2. The lowest BCUT2D eigenvalue weighted by Crippen LogP contribution is -2.38. The monoisotopic (exact) mass is 347 g/mol. The fraction of sp³-hybridized carbons (Fsp3) is 0.316. The minimum Gasteiger partial charge on any atom is -0.497 e. The summed E-state index contributed by atoms with van der Waals surface area (Å²) < 4.78 is 10.9. The first-order chi connectivity index (χ1) is 11.6. The summed E-state index contributed by atoms with van der Waals surface area (Å²) in [5.41, 5.74) is 1.13. The zero-order valence-corrected chi connectivity index (χ0v) is 14.7. The van der Waals surface area contributed by atoms with Crippen molar-refractivity contribution in [1.29, 1.82) is 0 Å². The number of carbonyl (C=O) groups is 1. The number of nitrogens with one attached hydrogen (secondary N) is 1. The average molecular weight is 348 g/mol. The summed E-state index contributed by atoms with van der Waals surface area (Å²) in [5, 5.41) is 3.63. The minimum absolute atomic E-state index is 0.109. The van der Waals surface area contributed by atoms with Gasteiger partial charge in [0, 0.05) is 11.6 Å². The molecule has 0 radical (unpaired) electrons. The Balaban J connectivity index is 1.82. The van der Waals surface area contributed by atoms with Crippen molar-refractivity contribution in [3.05, 3.63) is 59.1 Å². The van der Waals surface area contributed by atoms with E-state index in [2.05, 4.69) is 5.32 Å². The Bertz CT molecular complexity index is 641. The van der Waals surface area contributed by atoms with Crippen molar-refractivity contribution < 1.29 is 14.3 Å². The lowest BCUT2D eigenvalue weighted by molar-refractivity contribution is -0.128. The Labute approximate surface area is 147 Å². The summed E-state index contributed by atoms with van der Waals surface area (Å²) in [7, 11) is 1.61. The van der Waals surface area contributed by atoms with Crippen molar-refractivity contribution in [2.75, 3.05) is 13.7 Å². The van der Waals surface area contributed by atoms with Crippen LogP contribution in [-0.4, -0.2) is 25.7 Å². The zero-order chi connectivity index (χ0) is 17.4. The minimum atomic E-state index is -0.511. The van der Waals surface area contributed by atoms with Gasteiger partial charge in [-0.15, -0.1) is 0 Å². The first-order valence-corrected chi connectivity index (χ1v) is 8.33. The van der Waals surface area contributed by atoms with Gasteiger partial charge in [-0.3, -0.25) is 4.79 Å². The molecule has 128 valence electrons. The van der Waals surface area contributed by atoms with Crippen LogP contribution >= 0.6 is 11.6 Å². The summed E-state index contributed by atoms with van der Waals surface area (Å²) in [6.07, 6.45) is 0.837. The van der Waals surface area contributed by atoms with Crippen LogP contribution in [0.4, 0.5) is 0 Å². The Morgan fingerprint density at radius 3 is 2.29 bits per heavy atom. The van der Waals surface area contributed by atoms with Gasteiger partial charge in [-0.25, -0.2) is 0 Å². The number of halogens is 1. The molecule has 4 nitrogen and oxygen atoms in total. The van der Waals surface area contributed by atoms with Crippen molar-refractivity contribution in [2.24, 2.45) is 0 Å². The van der Waals surface area contributed by atoms with Gasteiger partial charge in [-0.2, -0.15) is 0 Å². The number of amides is 1. The van der Waals surface area contributed by atoms with E-state index in [0.717, 1.165) is 17.7 Å². The molecular formula is C19H22ClNO3. The molecule has 0 spiro atoms. The first kappa shape index (κ1) is 18.1. The largest absolute Gasteiger partial charge is 0.497 e. The quantitative estimate of drug-likeness (QED) is 0.788. The van der Waals surface area contributed by atoms with Gasteiger partial charge in [0.25, 0.3) is 5.91 Å². The van der Waals surface area contributed by atoms with Crippen LogP contribution in [-0.2, 0) is 11.2 Å². The molecule has 2 rings (SSSR count). The topological polar surface area (TPSA) is 47.6 Å². The number of hydrogen-bond donors (Lipinski definition) is 1. The number of benzene rings is 2. The fourth-order valence-electron chi connectivity index (χ4n) is 2.24. The zero-order valence-electron chi connectivity index (χ0n) is 13.9. The van der Waals surface area contributed by atoms with Gasteiger partial charge in [-0.05, 0) is 54.8 Å². The van der Waals surface area contributed by atoms with Crippen molar-refractivity contribution in [3.8, 4) is 11.5 Å². The molecule has 2 aromatic rings. The molecule has 0 aromatic heterocycles. The number of methoxy groups -OCH3 is 1. The van der Waals surface area contributed by atoms with Crippen molar-refractivity contribution in [1.82, 2.24) is 5.32 Å². The molecule has 0 unspecified atom stereocenters. The molecule has 1 atom stereocenters. The molecular weight excluding hydrogens is 326 g/mol. The van der Waals surface area contributed by atoms with Crippen LogP contribution in [0.15, 0.2) is 48.5 Å². The third-order valence-corrected chi connectivity index (χ3v) is 3.88. The van der Waals surface area contributed by atoms with E-state index in [9.17, 15) is 4.79 Å². The van der Waals surface area contributed by atoms with Crippen LogP contribution in [0, 0.1) is 0 Å². The van der Waals surface area contributed by atoms with Gasteiger partial charge in [-0.1, -0.05) is 30.7 Å². The highest BCUT2D eigenvalue weighted by Crippen LogP contribution is 2.19. The van der Waals surface area contributed by atoms with E-state index in [1.54, 1.807) is 31.4 Å². The molecule has 0 heterocycles. The lowest BCUT2D eigenvalue weighted by atomic mass is 10.1. The van der Waals surface area contributed by atoms with Crippen LogP contribution in [0.2, 0.25) is 5.02 Å². The number of hydrogen-bond acceptors (Lipinski definition) is 3. The number of carbonyl (C=O) groups excluding carboxylic acids is 1. The van der Waals surface area contributed by atoms with E-state index in [0.29, 0.717) is 23.7 Å². The first-order valence-electron chi connectivity index (χ1n) is 7.95. The predicted molar refractivity (Wildman–Crippen MR) is 95.9 cm³/mol. The maximum Gasteiger partial charge on any atom is 0.261 e. The van der Waals surface area contributed by atoms with Gasteiger partial charge in [0.1, 0.15) is 11.5 Å². The van der Waals surface area contributed by atoms with E-state index >= 15 is 0 Å². The second kappa shape index (κ2) is 9.18. The molecule has 0 fully saturated rings. The van der Waals surface area contributed by atoms with Crippen LogP contribution in [0.5, 0.6) is 11.5 Å². The second-order valence-electron chi connectivity index (χ2n) is 5.36. The van der Waals surface area contributed by atoms with Gasteiger partial charge < -0.3 is 14.8 Å². The molecule has 0 saturated heterocycles. The summed E-state index contributed by atoms with van der Waals surface area (Å²) in [5.74, 6) is 1.29. The average Bonchev–Trinajstić information content (AvgIpc) is 2.61. The Hall–Kier alpha value is -2.20. The second-order valence-corrected chi connectivity index (χ2v) is 5.79. The van der Waals surface area contributed by atoms with Gasteiger partial charge in [0.05, 0.1) is 7.11 Å².